The summed E-state index contributed by atoms with van der Waals surface area (Å²) in [6.07, 6.45) is 19.4. The van der Waals surface area contributed by atoms with E-state index in [0.717, 1.165) is 0 Å². The SMILES string of the molecule is CCCCCCCCCCCCC/C=C\I. The highest BCUT2D eigenvalue weighted by atomic mass is 127. The van der Waals surface area contributed by atoms with E-state index in [9.17, 15) is 0 Å². The molecular weight excluding hydrogens is 307 g/mol. The molecule has 0 atom stereocenters. The largest absolute Gasteiger partial charge is 0.0785 e. The zero-order valence-electron chi connectivity index (χ0n) is 11.0. The molecule has 0 amide bonds. The topological polar surface area (TPSA) is 0 Å². The lowest BCUT2D eigenvalue weighted by Crippen LogP contribution is -1.81. The first-order chi connectivity index (χ1) is 7.91. The van der Waals surface area contributed by atoms with E-state index in [1.807, 2.05) is 0 Å². The third-order valence-electron chi connectivity index (χ3n) is 3.06. The summed E-state index contributed by atoms with van der Waals surface area (Å²) in [6.45, 7) is 2.28. The van der Waals surface area contributed by atoms with Gasteiger partial charge >= 0.3 is 0 Å². The van der Waals surface area contributed by atoms with Crippen LogP contribution in [-0.4, -0.2) is 0 Å². The fraction of sp³-hybridized carbons (Fsp3) is 0.867. The number of unbranched alkanes of at least 4 members (excludes halogenated alkanes) is 11. The van der Waals surface area contributed by atoms with E-state index in [-0.39, 0.29) is 0 Å². The van der Waals surface area contributed by atoms with E-state index < -0.39 is 0 Å². The molecule has 0 aliphatic carbocycles. The molecule has 0 fully saturated rings. The van der Waals surface area contributed by atoms with Gasteiger partial charge in [0.05, 0.1) is 0 Å². The summed E-state index contributed by atoms with van der Waals surface area (Å²) in [7, 11) is 0. The second-order valence-corrected chi connectivity index (χ2v) is 5.41. The molecule has 16 heavy (non-hydrogen) atoms. The molecule has 0 aromatic heterocycles. The quantitative estimate of drug-likeness (QED) is 0.277. The Kier molecular flexibility index (Phi) is 15.9. The van der Waals surface area contributed by atoms with Crippen molar-refractivity contribution < 1.29 is 0 Å². The third kappa shape index (κ3) is 14.5. The molecule has 0 aliphatic heterocycles. The van der Waals surface area contributed by atoms with E-state index in [1.165, 1.54) is 77.0 Å². The summed E-state index contributed by atoms with van der Waals surface area (Å²) in [4.78, 5) is 0. The smallest absolute Gasteiger partial charge is 0.0274 e. The van der Waals surface area contributed by atoms with Crippen LogP contribution in [0.3, 0.4) is 0 Å². The van der Waals surface area contributed by atoms with Crippen LogP contribution < -0.4 is 0 Å². The Morgan fingerprint density at radius 3 is 1.56 bits per heavy atom. The second kappa shape index (κ2) is 15.5. The van der Waals surface area contributed by atoms with Crippen LogP contribution in [0.2, 0.25) is 0 Å². The van der Waals surface area contributed by atoms with Gasteiger partial charge in [0, 0.05) is 0 Å². The van der Waals surface area contributed by atoms with Crippen molar-refractivity contribution in [1.82, 2.24) is 0 Å². The lowest BCUT2D eigenvalue weighted by atomic mass is 10.1. The standard InChI is InChI=1S/C15H29I/c1-2-3-4-5-6-7-8-9-10-11-12-13-14-15-16/h14-15H,2-13H2,1H3/b15-14-. The van der Waals surface area contributed by atoms with Gasteiger partial charge in [0.1, 0.15) is 0 Å². The highest BCUT2D eigenvalue weighted by molar-refractivity contribution is 14.1. The van der Waals surface area contributed by atoms with Crippen LogP contribution in [0.1, 0.15) is 84.0 Å². The molecule has 0 saturated heterocycles. The Labute approximate surface area is 116 Å². The average Bonchev–Trinajstić information content (AvgIpc) is 2.31. The molecule has 0 aliphatic rings. The van der Waals surface area contributed by atoms with Crippen molar-refractivity contribution in [3.05, 3.63) is 10.2 Å². The number of rotatable bonds is 12. The number of hydrogen-bond donors (Lipinski definition) is 0. The lowest BCUT2D eigenvalue weighted by molar-refractivity contribution is 0.550. The van der Waals surface area contributed by atoms with Gasteiger partial charge in [0.15, 0.2) is 0 Å². The Hall–Kier alpha value is 0.470. The van der Waals surface area contributed by atoms with Crippen molar-refractivity contribution in [3.8, 4) is 0 Å². The first kappa shape index (κ1) is 16.5. The first-order valence-corrected chi connectivity index (χ1v) is 8.41. The molecule has 0 radical (unpaired) electrons. The summed E-state index contributed by atoms with van der Waals surface area (Å²) in [5.74, 6) is 0. The number of hydrogen-bond acceptors (Lipinski definition) is 0. The van der Waals surface area contributed by atoms with Gasteiger partial charge in [0.25, 0.3) is 0 Å². The van der Waals surface area contributed by atoms with Gasteiger partial charge in [0.2, 0.25) is 0 Å². The van der Waals surface area contributed by atoms with Gasteiger partial charge in [-0.3, -0.25) is 0 Å². The van der Waals surface area contributed by atoms with Crippen molar-refractivity contribution in [2.75, 3.05) is 0 Å². The van der Waals surface area contributed by atoms with E-state index in [1.54, 1.807) is 0 Å². The summed E-state index contributed by atoms with van der Waals surface area (Å²) in [6, 6.07) is 0. The monoisotopic (exact) mass is 336 g/mol. The Morgan fingerprint density at radius 2 is 1.12 bits per heavy atom. The maximum absolute atomic E-state index is 2.30. The summed E-state index contributed by atoms with van der Waals surface area (Å²) < 4.78 is 2.13. The van der Waals surface area contributed by atoms with Gasteiger partial charge in [-0.25, -0.2) is 0 Å². The van der Waals surface area contributed by atoms with E-state index >= 15 is 0 Å². The normalized spacial score (nSPS) is 11.4. The van der Waals surface area contributed by atoms with Gasteiger partial charge in [-0.2, -0.15) is 0 Å². The molecule has 0 heterocycles. The molecule has 96 valence electrons. The highest BCUT2D eigenvalue weighted by Crippen LogP contribution is 2.12. The number of halogens is 1. The minimum Gasteiger partial charge on any atom is -0.0785 e. The predicted molar refractivity (Wildman–Crippen MR) is 84.2 cm³/mol. The zero-order chi connectivity index (χ0) is 11.9. The van der Waals surface area contributed by atoms with Crippen molar-refractivity contribution in [2.45, 2.75) is 84.0 Å². The van der Waals surface area contributed by atoms with Crippen molar-refractivity contribution in [3.63, 3.8) is 0 Å². The molecular formula is C15H29I. The lowest BCUT2D eigenvalue weighted by Gasteiger charge is -2.01. The van der Waals surface area contributed by atoms with Crippen LogP contribution in [-0.2, 0) is 0 Å². The van der Waals surface area contributed by atoms with Gasteiger partial charge in [-0.05, 0) is 16.9 Å². The van der Waals surface area contributed by atoms with Crippen LogP contribution >= 0.6 is 22.6 Å². The van der Waals surface area contributed by atoms with Crippen LogP contribution in [0.4, 0.5) is 0 Å². The van der Waals surface area contributed by atoms with Gasteiger partial charge in [-0.15, -0.1) is 0 Å². The Balaban J connectivity index is 2.88. The molecule has 0 saturated carbocycles. The highest BCUT2D eigenvalue weighted by Gasteiger charge is 1.92. The molecule has 0 aromatic rings. The van der Waals surface area contributed by atoms with Gasteiger partial charge in [-0.1, -0.05) is 99.8 Å². The molecule has 0 spiro atoms. The van der Waals surface area contributed by atoms with Crippen LogP contribution in [0, 0.1) is 0 Å². The van der Waals surface area contributed by atoms with Crippen molar-refractivity contribution in [2.24, 2.45) is 0 Å². The maximum atomic E-state index is 2.30. The molecule has 0 rings (SSSR count). The Bertz CT molecular complexity index is 140. The summed E-state index contributed by atoms with van der Waals surface area (Å²) >= 11 is 2.30. The zero-order valence-corrected chi connectivity index (χ0v) is 13.2. The molecule has 0 unspecified atom stereocenters. The molecule has 0 N–H and O–H groups in total. The third-order valence-corrected chi connectivity index (χ3v) is 3.57. The molecule has 0 bridgehead atoms. The minimum atomic E-state index is 1.28. The maximum Gasteiger partial charge on any atom is -0.0274 e. The summed E-state index contributed by atoms with van der Waals surface area (Å²) in [5.41, 5.74) is 0. The number of allylic oxidation sites excluding steroid dienone is 1. The first-order valence-electron chi connectivity index (χ1n) is 7.17. The van der Waals surface area contributed by atoms with E-state index in [0.29, 0.717) is 0 Å². The van der Waals surface area contributed by atoms with Crippen molar-refractivity contribution >= 4 is 22.6 Å². The summed E-state index contributed by atoms with van der Waals surface area (Å²) in [5, 5.41) is 0. The van der Waals surface area contributed by atoms with Gasteiger partial charge < -0.3 is 0 Å². The second-order valence-electron chi connectivity index (χ2n) is 4.69. The Morgan fingerprint density at radius 1 is 0.688 bits per heavy atom. The van der Waals surface area contributed by atoms with E-state index in [4.69, 9.17) is 0 Å². The fourth-order valence-electron chi connectivity index (χ4n) is 1.99. The molecule has 0 aromatic carbocycles. The fourth-order valence-corrected chi connectivity index (χ4v) is 2.35. The minimum absolute atomic E-state index is 1.28. The van der Waals surface area contributed by atoms with Crippen molar-refractivity contribution in [1.29, 1.82) is 0 Å². The predicted octanol–water partition coefficient (Wildman–Crippen LogP) is 6.64. The average molecular weight is 336 g/mol. The van der Waals surface area contributed by atoms with Crippen LogP contribution in [0.5, 0.6) is 0 Å². The van der Waals surface area contributed by atoms with Crippen LogP contribution in [0.15, 0.2) is 10.2 Å². The molecule has 0 nitrogen and oxygen atoms in total. The van der Waals surface area contributed by atoms with E-state index in [2.05, 4.69) is 39.7 Å². The van der Waals surface area contributed by atoms with Crippen LogP contribution in [0.25, 0.3) is 0 Å². The molecule has 1 heteroatoms.